The smallest absolute Gasteiger partial charge is 0.0930 e. The average molecular weight is 389 g/mol. The molecule has 102 valence electrons. The molecular formula is C11H9Cl7. The summed E-state index contributed by atoms with van der Waals surface area (Å²) in [6.45, 7) is 1.95. The van der Waals surface area contributed by atoms with Crippen molar-refractivity contribution in [3.05, 3.63) is 35.4 Å². The van der Waals surface area contributed by atoms with Crippen molar-refractivity contribution in [1.82, 2.24) is 0 Å². The van der Waals surface area contributed by atoms with Crippen molar-refractivity contribution < 1.29 is 0 Å². The van der Waals surface area contributed by atoms with E-state index < -0.39 is 12.5 Å². The van der Waals surface area contributed by atoms with Crippen molar-refractivity contribution in [2.45, 2.75) is 25.8 Å². The minimum absolute atomic E-state index is 0.521. The minimum Gasteiger partial charge on any atom is -0.0930 e. The van der Waals surface area contributed by atoms with Crippen LogP contribution >= 0.6 is 81.2 Å². The van der Waals surface area contributed by atoms with Gasteiger partial charge in [-0.2, -0.15) is 0 Å². The summed E-state index contributed by atoms with van der Waals surface area (Å²) in [6.07, 6.45) is 0.696. The molecule has 0 saturated carbocycles. The number of hydrogen-bond acceptors (Lipinski definition) is 0. The van der Waals surface area contributed by atoms with Gasteiger partial charge in [0.25, 0.3) is 0 Å². The van der Waals surface area contributed by atoms with Gasteiger partial charge in [-0.05, 0) is 17.5 Å². The summed E-state index contributed by atoms with van der Waals surface area (Å²) in [5.41, 5.74) is 1.40. The standard InChI is InChI=1S/C11H9Cl7/c1-2-7-5-3-4-6-8(7)9(12,13)10(14,15)11(16,17)18/h3-6H,2H2,1H3. The molecule has 0 spiro atoms. The van der Waals surface area contributed by atoms with Crippen LogP contribution in [0.5, 0.6) is 0 Å². The molecule has 0 atom stereocenters. The Morgan fingerprint density at radius 1 is 0.889 bits per heavy atom. The number of benzene rings is 1. The Labute approximate surface area is 141 Å². The van der Waals surface area contributed by atoms with Crippen LogP contribution in [-0.4, -0.2) is 8.13 Å². The van der Waals surface area contributed by atoms with Crippen molar-refractivity contribution in [2.75, 3.05) is 0 Å². The summed E-state index contributed by atoms with van der Waals surface area (Å²) in [5, 5.41) is 0. The molecule has 0 radical (unpaired) electrons. The molecule has 1 rings (SSSR count). The Morgan fingerprint density at radius 3 is 1.83 bits per heavy atom. The largest absolute Gasteiger partial charge is 0.226 e. The fourth-order valence-electron chi connectivity index (χ4n) is 1.48. The van der Waals surface area contributed by atoms with Gasteiger partial charge >= 0.3 is 0 Å². The van der Waals surface area contributed by atoms with Crippen LogP contribution < -0.4 is 0 Å². The van der Waals surface area contributed by atoms with Crippen molar-refractivity contribution >= 4 is 81.2 Å². The monoisotopic (exact) mass is 386 g/mol. The first-order chi connectivity index (χ1) is 8.05. The van der Waals surface area contributed by atoms with Gasteiger partial charge in [0.1, 0.15) is 0 Å². The summed E-state index contributed by atoms with van der Waals surface area (Å²) < 4.78 is -5.80. The normalized spacial score (nSPS) is 13.8. The molecule has 0 aliphatic heterocycles. The summed E-state index contributed by atoms with van der Waals surface area (Å²) in [5.74, 6) is 0. The molecule has 1 aromatic rings. The summed E-state index contributed by atoms with van der Waals surface area (Å²) in [7, 11) is 0. The van der Waals surface area contributed by atoms with E-state index in [0.717, 1.165) is 5.56 Å². The SMILES string of the molecule is CCc1ccccc1C(Cl)(Cl)C(Cl)(Cl)C(Cl)(Cl)Cl. The van der Waals surface area contributed by atoms with Gasteiger partial charge in [0.2, 0.25) is 8.13 Å². The Hall–Kier alpha value is 1.25. The third-order valence-electron chi connectivity index (χ3n) is 2.49. The van der Waals surface area contributed by atoms with Gasteiger partial charge in [0.05, 0.1) is 0 Å². The van der Waals surface area contributed by atoms with Gasteiger partial charge in [0.15, 0.2) is 4.33 Å². The maximum Gasteiger partial charge on any atom is 0.226 e. The maximum absolute atomic E-state index is 6.27. The molecule has 0 aromatic heterocycles. The lowest BCUT2D eigenvalue weighted by Crippen LogP contribution is -2.45. The first-order valence-corrected chi connectivity index (χ1v) is 7.61. The van der Waals surface area contributed by atoms with Crippen molar-refractivity contribution in [3.8, 4) is 0 Å². The molecular weight excluding hydrogens is 380 g/mol. The quantitative estimate of drug-likeness (QED) is 0.523. The number of alkyl halides is 7. The summed E-state index contributed by atoms with van der Waals surface area (Å²) >= 11 is 41.9. The van der Waals surface area contributed by atoms with Gasteiger partial charge in [0, 0.05) is 0 Å². The van der Waals surface area contributed by atoms with Crippen molar-refractivity contribution in [1.29, 1.82) is 0 Å². The minimum atomic E-state index is -2.04. The fourth-order valence-corrected chi connectivity index (χ4v) is 3.05. The zero-order valence-electron chi connectivity index (χ0n) is 9.16. The zero-order chi connectivity index (χ0) is 14.2. The van der Waals surface area contributed by atoms with E-state index in [-0.39, 0.29) is 0 Å². The predicted octanol–water partition coefficient (Wildman–Crippen LogP) is 6.42. The molecule has 0 heterocycles. The Balaban J connectivity index is 3.37. The fraction of sp³-hybridized carbons (Fsp3) is 0.455. The Bertz CT molecular complexity index is 420. The summed E-state index contributed by atoms with van der Waals surface area (Å²) in [6, 6.07) is 7.17. The number of hydrogen-bond donors (Lipinski definition) is 0. The lowest BCUT2D eigenvalue weighted by atomic mass is 10.00. The van der Waals surface area contributed by atoms with E-state index in [4.69, 9.17) is 81.2 Å². The number of halogens is 7. The molecule has 18 heavy (non-hydrogen) atoms. The molecule has 0 unspecified atom stereocenters. The molecule has 0 amide bonds. The molecule has 0 bridgehead atoms. The molecule has 0 saturated heterocycles. The van der Waals surface area contributed by atoms with Crippen LogP contribution in [0.15, 0.2) is 24.3 Å². The third-order valence-corrected chi connectivity index (χ3v) is 6.41. The molecule has 0 nitrogen and oxygen atoms in total. The number of rotatable bonds is 3. The first-order valence-electron chi connectivity index (χ1n) is 4.96. The average Bonchev–Trinajstić information content (AvgIpc) is 2.27. The van der Waals surface area contributed by atoms with Crippen LogP contribution in [0.1, 0.15) is 18.1 Å². The summed E-state index contributed by atoms with van der Waals surface area (Å²) in [4.78, 5) is 0. The van der Waals surface area contributed by atoms with E-state index in [0.29, 0.717) is 12.0 Å². The van der Waals surface area contributed by atoms with Crippen LogP contribution in [0, 0.1) is 0 Å². The highest BCUT2D eigenvalue weighted by molar-refractivity contribution is 6.78. The molecule has 0 aliphatic rings. The highest BCUT2D eigenvalue weighted by atomic mass is 35.6. The van der Waals surface area contributed by atoms with Crippen LogP contribution in [0.3, 0.4) is 0 Å². The second-order valence-corrected chi connectivity index (χ2v) is 8.59. The van der Waals surface area contributed by atoms with Crippen LogP contribution in [-0.2, 0) is 10.8 Å². The van der Waals surface area contributed by atoms with Crippen LogP contribution in [0.25, 0.3) is 0 Å². The van der Waals surface area contributed by atoms with Gasteiger partial charge in [-0.15, -0.1) is 0 Å². The highest BCUT2D eigenvalue weighted by Crippen LogP contribution is 2.60. The third kappa shape index (κ3) is 3.11. The highest BCUT2D eigenvalue weighted by Gasteiger charge is 2.61. The van der Waals surface area contributed by atoms with Gasteiger partial charge in [-0.3, -0.25) is 0 Å². The predicted molar refractivity (Wildman–Crippen MR) is 83.9 cm³/mol. The molecule has 1 aromatic carbocycles. The van der Waals surface area contributed by atoms with Crippen LogP contribution in [0.4, 0.5) is 0 Å². The van der Waals surface area contributed by atoms with Gasteiger partial charge in [-0.1, -0.05) is 112 Å². The number of aryl methyl sites for hydroxylation is 1. The van der Waals surface area contributed by atoms with E-state index >= 15 is 0 Å². The second kappa shape index (κ2) is 5.93. The first kappa shape index (κ1) is 17.3. The molecule has 0 aliphatic carbocycles. The van der Waals surface area contributed by atoms with Crippen LogP contribution in [0.2, 0.25) is 0 Å². The van der Waals surface area contributed by atoms with E-state index in [2.05, 4.69) is 0 Å². The maximum atomic E-state index is 6.27. The lowest BCUT2D eigenvalue weighted by molar-refractivity contribution is 0.691. The zero-order valence-corrected chi connectivity index (χ0v) is 14.5. The Kier molecular flexibility index (Phi) is 5.70. The topological polar surface area (TPSA) is 0 Å². The van der Waals surface area contributed by atoms with Gasteiger partial charge < -0.3 is 0 Å². The van der Waals surface area contributed by atoms with Gasteiger partial charge in [-0.25, -0.2) is 0 Å². The lowest BCUT2D eigenvalue weighted by Gasteiger charge is -2.38. The second-order valence-electron chi connectivity index (χ2n) is 3.66. The molecule has 7 heteroatoms. The molecule has 0 N–H and O–H groups in total. The molecule has 0 fully saturated rings. The Morgan fingerprint density at radius 2 is 1.39 bits per heavy atom. The van der Waals surface area contributed by atoms with E-state index in [1.54, 1.807) is 12.1 Å². The van der Waals surface area contributed by atoms with Crippen molar-refractivity contribution in [3.63, 3.8) is 0 Å². The van der Waals surface area contributed by atoms with E-state index in [1.165, 1.54) is 0 Å². The van der Waals surface area contributed by atoms with E-state index in [1.807, 2.05) is 19.1 Å². The van der Waals surface area contributed by atoms with E-state index in [9.17, 15) is 0 Å². The van der Waals surface area contributed by atoms with Crippen molar-refractivity contribution in [2.24, 2.45) is 0 Å².